The van der Waals surface area contributed by atoms with Gasteiger partial charge in [0.05, 0.1) is 5.38 Å². The highest BCUT2D eigenvalue weighted by atomic mass is 79.9. The van der Waals surface area contributed by atoms with Crippen LogP contribution in [0.2, 0.25) is 0 Å². The lowest BCUT2D eigenvalue weighted by Crippen LogP contribution is -2.25. The van der Waals surface area contributed by atoms with Gasteiger partial charge < -0.3 is 0 Å². The molecule has 1 amide bonds. The summed E-state index contributed by atoms with van der Waals surface area (Å²) in [5, 5.41) is 7.59. The lowest BCUT2D eigenvalue weighted by molar-refractivity contribution is -0.117. The van der Waals surface area contributed by atoms with Crippen LogP contribution in [-0.2, 0) is 4.79 Å². The number of rotatable bonds is 1. The van der Waals surface area contributed by atoms with E-state index in [-0.39, 0.29) is 11.3 Å². The smallest absolute Gasteiger partial charge is 0.229 e. The normalized spacial score (nSPS) is 21.7. The number of amides is 1. The van der Waals surface area contributed by atoms with Gasteiger partial charge in [-0.1, -0.05) is 0 Å². The fraction of sp³-hybridized carbons (Fsp3) is 0.375. The third-order valence-electron chi connectivity index (χ3n) is 1.97. The summed E-state index contributed by atoms with van der Waals surface area (Å²) >= 11 is 9.04. The van der Waals surface area contributed by atoms with E-state index in [4.69, 9.17) is 11.6 Å². The SMILES string of the molecule is O=C1CC(Cl)CN1c1ccc(Br)nn1. The molecule has 4 nitrogen and oxygen atoms in total. The number of hydrogen-bond donors (Lipinski definition) is 0. The first kappa shape index (κ1) is 9.86. The lowest BCUT2D eigenvalue weighted by atomic mass is 10.4. The van der Waals surface area contributed by atoms with Crippen molar-refractivity contribution >= 4 is 39.3 Å². The summed E-state index contributed by atoms with van der Waals surface area (Å²) in [6, 6.07) is 3.49. The van der Waals surface area contributed by atoms with Gasteiger partial charge in [-0.2, -0.15) is 0 Å². The van der Waals surface area contributed by atoms with Crippen molar-refractivity contribution in [3.05, 3.63) is 16.7 Å². The molecule has 1 saturated heterocycles. The second kappa shape index (κ2) is 3.82. The van der Waals surface area contributed by atoms with Crippen molar-refractivity contribution in [1.82, 2.24) is 10.2 Å². The Morgan fingerprint density at radius 1 is 1.50 bits per heavy atom. The van der Waals surface area contributed by atoms with Gasteiger partial charge in [0.2, 0.25) is 5.91 Å². The Bertz CT molecular complexity index is 356. The van der Waals surface area contributed by atoms with E-state index in [0.29, 0.717) is 23.4 Å². The summed E-state index contributed by atoms with van der Waals surface area (Å²) in [7, 11) is 0. The number of aromatic nitrogens is 2. The maximum absolute atomic E-state index is 11.4. The average Bonchev–Trinajstić information content (AvgIpc) is 2.47. The molecule has 6 heteroatoms. The Kier molecular flexibility index (Phi) is 2.69. The van der Waals surface area contributed by atoms with Crippen molar-refractivity contribution < 1.29 is 4.79 Å². The molecule has 14 heavy (non-hydrogen) atoms. The molecule has 0 spiro atoms. The predicted octanol–water partition coefficient (Wildman–Crippen LogP) is 1.58. The molecule has 0 bridgehead atoms. The Morgan fingerprint density at radius 3 is 2.79 bits per heavy atom. The van der Waals surface area contributed by atoms with Crippen molar-refractivity contribution in [2.24, 2.45) is 0 Å². The number of carbonyl (C=O) groups is 1. The molecule has 1 aliphatic heterocycles. The van der Waals surface area contributed by atoms with Crippen molar-refractivity contribution in [3.8, 4) is 0 Å². The first-order chi connectivity index (χ1) is 6.66. The van der Waals surface area contributed by atoms with Crippen LogP contribution in [0.1, 0.15) is 6.42 Å². The largest absolute Gasteiger partial charge is 0.294 e. The molecule has 1 unspecified atom stereocenters. The molecule has 2 rings (SSSR count). The molecule has 74 valence electrons. The van der Waals surface area contributed by atoms with Gasteiger partial charge in [0.25, 0.3) is 0 Å². The predicted molar refractivity (Wildman–Crippen MR) is 56.3 cm³/mol. The van der Waals surface area contributed by atoms with Crippen LogP contribution in [0.3, 0.4) is 0 Å². The molecule has 0 N–H and O–H groups in total. The van der Waals surface area contributed by atoms with Gasteiger partial charge in [0.1, 0.15) is 4.60 Å². The Labute approximate surface area is 94.4 Å². The molecular weight excluding hydrogens is 269 g/mol. The molecule has 1 aromatic rings. The molecule has 1 aliphatic rings. The van der Waals surface area contributed by atoms with Crippen LogP contribution in [-0.4, -0.2) is 28.0 Å². The second-order valence-electron chi connectivity index (χ2n) is 3.02. The van der Waals surface area contributed by atoms with Crippen LogP contribution in [0.15, 0.2) is 16.7 Å². The molecule has 1 atom stereocenters. The molecule has 2 heterocycles. The maximum Gasteiger partial charge on any atom is 0.229 e. The summed E-state index contributed by atoms with van der Waals surface area (Å²) in [5.41, 5.74) is 0. The molecule has 1 fully saturated rings. The molecule has 0 aliphatic carbocycles. The van der Waals surface area contributed by atoms with Crippen LogP contribution in [0.25, 0.3) is 0 Å². The minimum Gasteiger partial charge on any atom is -0.294 e. The Balaban J connectivity index is 2.23. The van der Waals surface area contributed by atoms with E-state index in [2.05, 4.69) is 26.1 Å². The van der Waals surface area contributed by atoms with Crippen molar-refractivity contribution in [3.63, 3.8) is 0 Å². The molecule has 0 aromatic carbocycles. The highest BCUT2D eigenvalue weighted by molar-refractivity contribution is 9.10. The molecule has 0 saturated carbocycles. The van der Waals surface area contributed by atoms with Gasteiger partial charge in [-0.25, -0.2) is 0 Å². The zero-order valence-corrected chi connectivity index (χ0v) is 9.49. The Hall–Kier alpha value is -0.680. The number of alkyl halides is 1. The summed E-state index contributed by atoms with van der Waals surface area (Å²) < 4.78 is 0.648. The van der Waals surface area contributed by atoms with E-state index in [1.54, 1.807) is 17.0 Å². The van der Waals surface area contributed by atoms with Crippen molar-refractivity contribution in [1.29, 1.82) is 0 Å². The van der Waals surface area contributed by atoms with E-state index in [0.717, 1.165) is 0 Å². The van der Waals surface area contributed by atoms with E-state index in [1.165, 1.54) is 0 Å². The van der Waals surface area contributed by atoms with Crippen LogP contribution in [0, 0.1) is 0 Å². The minimum atomic E-state index is -0.118. The van der Waals surface area contributed by atoms with Gasteiger partial charge in [-0.3, -0.25) is 9.69 Å². The van der Waals surface area contributed by atoms with Crippen LogP contribution in [0.4, 0.5) is 5.82 Å². The van der Waals surface area contributed by atoms with E-state index in [1.807, 2.05) is 0 Å². The first-order valence-electron chi connectivity index (χ1n) is 4.10. The summed E-state index contributed by atoms with van der Waals surface area (Å²) in [6.07, 6.45) is 0.374. The van der Waals surface area contributed by atoms with E-state index in [9.17, 15) is 4.79 Å². The van der Waals surface area contributed by atoms with Gasteiger partial charge in [0.15, 0.2) is 5.82 Å². The fourth-order valence-corrected chi connectivity index (χ4v) is 1.82. The quantitative estimate of drug-likeness (QED) is 0.732. The number of hydrogen-bond acceptors (Lipinski definition) is 3. The van der Waals surface area contributed by atoms with Crippen molar-refractivity contribution in [2.75, 3.05) is 11.4 Å². The number of nitrogens with zero attached hydrogens (tertiary/aromatic N) is 3. The van der Waals surface area contributed by atoms with E-state index >= 15 is 0 Å². The van der Waals surface area contributed by atoms with Crippen LogP contribution < -0.4 is 4.90 Å². The number of carbonyl (C=O) groups excluding carboxylic acids is 1. The topological polar surface area (TPSA) is 46.1 Å². The average molecular weight is 277 g/mol. The van der Waals surface area contributed by atoms with Crippen LogP contribution in [0.5, 0.6) is 0 Å². The van der Waals surface area contributed by atoms with Crippen LogP contribution >= 0.6 is 27.5 Å². The standard InChI is InChI=1S/C8H7BrClN3O/c9-6-1-2-7(12-11-6)13-4-5(10)3-8(13)14/h1-2,5H,3-4H2. The van der Waals surface area contributed by atoms with Gasteiger partial charge in [-0.15, -0.1) is 21.8 Å². The van der Waals surface area contributed by atoms with Gasteiger partial charge >= 0.3 is 0 Å². The zero-order valence-electron chi connectivity index (χ0n) is 7.15. The summed E-state index contributed by atoms with van der Waals surface area (Å²) in [6.45, 7) is 0.511. The van der Waals surface area contributed by atoms with Crippen molar-refractivity contribution in [2.45, 2.75) is 11.8 Å². The number of anilines is 1. The third kappa shape index (κ3) is 1.88. The first-order valence-corrected chi connectivity index (χ1v) is 5.33. The van der Waals surface area contributed by atoms with Gasteiger partial charge in [-0.05, 0) is 28.1 Å². The molecule has 0 radical (unpaired) electrons. The van der Waals surface area contributed by atoms with E-state index < -0.39 is 0 Å². The summed E-state index contributed by atoms with van der Waals surface area (Å²) in [5.74, 6) is 0.558. The Morgan fingerprint density at radius 2 is 2.29 bits per heavy atom. The lowest BCUT2D eigenvalue weighted by Gasteiger charge is -2.12. The second-order valence-corrected chi connectivity index (χ2v) is 4.45. The highest BCUT2D eigenvalue weighted by Crippen LogP contribution is 2.22. The fourth-order valence-electron chi connectivity index (χ4n) is 1.34. The highest BCUT2D eigenvalue weighted by Gasteiger charge is 2.29. The third-order valence-corrected chi connectivity index (χ3v) is 2.69. The van der Waals surface area contributed by atoms with Gasteiger partial charge in [0, 0.05) is 13.0 Å². The number of halogens is 2. The molecular formula is C8H7BrClN3O. The zero-order chi connectivity index (χ0) is 10.1. The summed E-state index contributed by atoms with van der Waals surface area (Å²) in [4.78, 5) is 13.0. The maximum atomic E-state index is 11.4. The minimum absolute atomic E-state index is 0.00150. The molecule has 1 aromatic heterocycles. The monoisotopic (exact) mass is 275 g/mol.